The highest BCUT2D eigenvalue weighted by Crippen LogP contribution is 2.30. The number of urea groups is 1. The quantitative estimate of drug-likeness (QED) is 0.320. The Bertz CT molecular complexity index is 1300. The summed E-state index contributed by atoms with van der Waals surface area (Å²) in [6.45, 7) is 5.99. The lowest BCUT2D eigenvalue weighted by Crippen LogP contribution is -2.52. The Morgan fingerprint density at radius 1 is 1.00 bits per heavy atom. The van der Waals surface area contributed by atoms with Gasteiger partial charge >= 0.3 is 6.03 Å². The largest absolute Gasteiger partial charge is 0.489 e. The molecule has 4 rings (SSSR count). The van der Waals surface area contributed by atoms with Crippen molar-refractivity contribution in [3.8, 4) is 22.7 Å². The number of carbonyl (C=O) groups excluding carboxylic acids is 3. The number of amides is 4. The van der Waals surface area contributed by atoms with E-state index in [0.29, 0.717) is 17.9 Å². The molecule has 0 aliphatic carbocycles. The maximum absolute atomic E-state index is 12.8. The van der Waals surface area contributed by atoms with Crippen LogP contribution in [-0.4, -0.2) is 58.1 Å². The molecule has 1 saturated heterocycles. The van der Waals surface area contributed by atoms with Gasteiger partial charge in [0.15, 0.2) is 0 Å². The number of ether oxygens (including phenoxy) is 1. The van der Waals surface area contributed by atoms with Crippen molar-refractivity contribution in [2.75, 3.05) is 20.7 Å². The van der Waals surface area contributed by atoms with Crippen molar-refractivity contribution in [1.82, 2.24) is 19.6 Å². The van der Waals surface area contributed by atoms with Crippen LogP contribution in [0.1, 0.15) is 11.1 Å². The van der Waals surface area contributed by atoms with Gasteiger partial charge in [-0.1, -0.05) is 30.9 Å². The zero-order valence-electron chi connectivity index (χ0n) is 19.2. The Labute approximate surface area is 197 Å². The number of carbonyl (C=O) groups is 3. The molecule has 8 nitrogen and oxygen atoms in total. The van der Waals surface area contributed by atoms with Crippen LogP contribution in [0.25, 0.3) is 23.0 Å². The summed E-state index contributed by atoms with van der Waals surface area (Å²) in [5.74, 6) is -0.586. The first-order valence-electron chi connectivity index (χ1n) is 10.6. The maximum atomic E-state index is 12.8. The highest BCUT2D eigenvalue weighted by atomic mass is 16.5. The zero-order chi connectivity index (χ0) is 24.4. The predicted octanol–water partition coefficient (Wildman–Crippen LogP) is 3.85. The van der Waals surface area contributed by atoms with Crippen LogP contribution in [-0.2, 0) is 9.59 Å². The van der Waals surface area contributed by atoms with E-state index in [1.165, 1.54) is 20.2 Å². The molecule has 0 spiro atoms. The molecule has 2 aromatic carbocycles. The molecule has 0 bridgehead atoms. The number of barbiturate groups is 1. The molecule has 0 unspecified atom stereocenters. The van der Waals surface area contributed by atoms with Crippen LogP contribution in [0, 0.1) is 6.92 Å². The van der Waals surface area contributed by atoms with Gasteiger partial charge in [0.2, 0.25) is 0 Å². The number of aromatic nitrogens is 2. The molecule has 0 radical (unpaired) electrons. The van der Waals surface area contributed by atoms with Crippen molar-refractivity contribution in [2.45, 2.75) is 6.92 Å². The fraction of sp³-hybridized carbons (Fsp3) is 0.154. The molecule has 1 fully saturated rings. The van der Waals surface area contributed by atoms with E-state index in [-0.39, 0.29) is 5.57 Å². The number of rotatable bonds is 6. The molecule has 1 aliphatic rings. The van der Waals surface area contributed by atoms with Crippen molar-refractivity contribution >= 4 is 23.9 Å². The Morgan fingerprint density at radius 3 is 2.29 bits per heavy atom. The third-order valence-electron chi connectivity index (χ3n) is 5.51. The summed E-state index contributed by atoms with van der Waals surface area (Å²) in [5.41, 5.74) is 3.55. The predicted molar refractivity (Wildman–Crippen MR) is 128 cm³/mol. The molecule has 4 amide bonds. The summed E-state index contributed by atoms with van der Waals surface area (Å²) in [6, 6.07) is 14.5. The molecule has 1 aromatic heterocycles. The number of hydrogen-bond donors (Lipinski definition) is 0. The molecular weight excluding hydrogens is 432 g/mol. The second kappa shape index (κ2) is 9.19. The molecule has 34 heavy (non-hydrogen) atoms. The van der Waals surface area contributed by atoms with Crippen LogP contribution in [0.3, 0.4) is 0 Å². The topological polar surface area (TPSA) is 84.7 Å². The van der Waals surface area contributed by atoms with Gasteiger partial charge in [-0.25, -0.2) is 9.48 Å². The van der Waals surface area contributed by atoms with Crippen LogP contribution in [0.4, 0.5) is 4.79 Å². The van der Waals surface area contributed by atoms with Crippen LogP contribution >= 0.6 is 0 Å². The first-order valence-corrected chi connectivity index (χ1v) is 10.6. The minimum atomic E-state index is -0.668. The van der Waals surface area contributed by atoms with E-state index >= 15 is 0 Å². The number of imide groups is 2. The van der Waals surface area contributed by atoms with Gasteiger partial charge < -0.3 is 4.74 Å². The van der Waals surface area contributed by atoms with Gasteiger partial charge in [0, 0.05) is 31.4 Å². The van der Waals surface area contributed by atoms with Gasteiger partial charge in [0.1, 0.15) is 17.9 Å². The molecular formula is C26H24N4O4. The van der Waals surface area contributed by atoms with Crippen LogP contribution < -0.4 is 4.74 Å². The van der Waals surface area contributed by atoms with E-state index in [9.17, 15) is 14.4 Å². The molecule has 0 atom stereocenters. The highest BCUT2D eigenvalue weighted by molar-refractivity contribution is 6.30. The average Bonchev–Trinajstić information content (AvgIpc) is 3.28. The zero-order valence-corrected chi connectivity index (χ0v) is 19.2. The maximum Gasteiger partial charge on any atom is 0.333 e. The SMILES string of the molecule is C=CCOc1ccc(-c2nn(-c3ccccc3)cc2C=C2C(=O)N(C)C(=O)N(C)C2=O)cc1C. The number of aryl methyl sites for hydroxylation is 1. The van der Waals surface area contributed by atoms with Gasteiger partial charge in [-0.3, -0.25) is 19.4 Å². The van der Waals surface area contributed by atoms with Crippen molar-refractivity contribution in [2.24, 2.45) is 0 Å². The van der Waals surface area contributed by atoms with E-state index in [1.807, 2.05) is 55.5 Å². The van der Waals surface area contributed by atoms with Gasteiger partial charge in [0.05, 0.1) is 11.4 Å². The van der Waals surface area contributed by atoms with Crippen molar-refractivity contribution in [1.29, 1.82) is 0 Å². The average molecular weight is 457 g/mol. The van der Waals surface area contributed by atoms with Crippen LogP contribution in [0.2, 0.25) is 0 Å². The smallest absolute Gasteiger partial charge is 0.333 e. The number of likely N-dealkylation sites (N-methyl/N-ethyl adjacent to an activating group) is 2. The van der Waals surface area contributed by atoms with Crippen LogP contribution in [0.15, 0.2) is 73.0 Å². The number of hydrogen-bond acceptors (Lipinski definition) is 5. The number of benzene rings is 2. The fourth-order valence-corrected chi connectivity index (χ4v) is 3.67. The van der Waals surface area contributed by atoms with E-state index in [1.54, 1.807) is 17.0 Å². The summed E-state index contributed by atoms with van der Waals surface area (Å²) in [4.78, 5) is 39.5. The molecule has 8 heteroatoms. The summed E-state index contributed by atoms with van der Waals surface area (Å²) in [7, 11) is 2.70. The summed E-state index contributed by atoms with van der Waals surface area (Å²) >= 11 is 0. The highest BCUT2D eigenvalue weighted by Gasteiger charge is 2.38. The molecule has 1 aliphatic heterocycles. The van der Waals surface area contributed by atoms with E-state index in [0.717, 1.165) is 32.4 Å². The summed E-state index contributed by atoms with van der Waals surface area (Å²) in [5, 5.41) is 4.75. The molecule has 0 saturated carbocycles. The number of para-hydroxylation sites is 1. The van der Waals surface area contributed by atoms with Gasteiger partial charge in [-0.05, 0) is 48.9 Å². The minimum Gasteiger partial charge on any atom is -0.489 e. The summed E-state index contributed by atoms with van der Waals surface area (Å²) < 4.78 is 7.37. The lowest BCUT2D eigenvalue weighted by Gasteiger charge is -2.28. The van der Waals surface area contributed by atoms with Crippen LogP contribution in [0.5, 0.6) is 5.75 Å². The van der Waals surface area contributed by atoms with Crippen molar-refractivity contribution < 1.29 is 19.1 Å². The van der Waals surface area contributed by atoms with Gasteiger partial charge in [0.25, 0.3) is 11.8 Å². The number of nitrogens with zero attached hydrogens (tertiary/aromatic N) is 4. The van der Waals surface area contributed by atoms with Gasteiger partial charge in [-0.15, -0.1) is 0 Å². The van der Waals surface area contributed by atoms with E-state index in [2.05, 4.69) is 6.58 Å². The van der Waals surface area contributed by atoms with Gasteiger partial charge in [-0.2, -0.15) is 5.10 Å². The first-order chi connectivity index (χ1) is 16.3. The second-order valence-electron chi connectivity index (χ2n) is 7.86. The molecule has 2 heterocycles. The Kier molecular flexibility index (Phi) is 6.14. The Morgan fingerprint density at radius 2 is 1.68 bits per heavy atom. The molecule has 172 valence electrons. The molecule has 0 N–H and O–H groups in total. The lowest BCUT2D eigenvalue weighted by atomic mass is 10.0. The lowest BCUT2D eigenvalue weighted by molar-refractivity contribution is -0.134. The molecule has 3 aromatic rings. The second-order valence-corrected chi connectivity index (χ2v) is 7.86. The van der Waals surface area contributed by atoms with Crippen molar-refractivity contribution in [3.63, 3.8) is 0 Å². The Hall–Kier alpha value is -4.46. The standard InChI is InChI=1S/C26H24N4O4/c1-5-13-34-22-12-11-18(14-17(22)2)23-19(16-30(27-23)20-9-7-6-8-10-20)15-21-24(31)28(3)26(33)29(4)25(21)32/h5-12,14-16H,1,13H2,2-4H3. The first kappa shape index (κ1) is 22.7. The monoisotopic (exact) mass is 456 g/mol. The minimum absolute atomic E-state index is 0.110. The van der Waals surface area contributed by atoms with E-state index in [4.69, 9.17) is 9.84 Å². The van der Waals surface area contributed by atoms with E-state index < -0.39 is 17.8 Å². The normalized spacial score (nSPS) is 14.0. The fourth-order valence-electron chi connectivity index (χ4n) is 3.67. The van der Waals surface area contributed by atoms with Crippen molar-refractivity contribution in [3.05, 3.63) is 84.1 Å². The summed E-state index contributed by atoms with van der Waals surface area (Å²) in [6.07, 6.45) is 4.92. The Balaban J connectivity index is 1.85. The third-order valence-corrected chi connectivity index (χ3v) is 5.51. The third kappa shape index (κ3) is 4.13.